The average molecular weight is 341 g/mol. The Kier molecular flexibility index (Phi) is 5.05. The summed E-state index contributed by atoms with van der Waals surface area (Å²) < 4.78 is 0.784. The van der Waals surface area contributed by atoms with Crippen LogP contribution >= 0.6 is 15.9 Å². The summed E-state index contributed by atoms with van der Waals surface area (Å²) >= 11 is 3.34. The number of phenolic OH excluding ortho intramolecular Hbond substituents is 1. The van der Waals surface area contributed by atoms with Gasteiger partial charge in [-0.15, -0.1) is 0 Å². The zero-order valence-corrected chi connectivity index (χ0v) is 13.3. The molecule has 3 N–H and O–H groups in total. The Bertz CT molecular complexity index is 493. The van der Waals surface area contributed by atoms with Crippen molar-refractivity contribution < 1.29 is 9.90 Å². The topological polar surface area (TPSA) is 66.6 Å². The van der Waals surface area contributed by atoms with E-state index in [-0.39, 0.29) is 17.7 Å². The number of hydrogen-bond donors (Lipinski definition) is 2. The van der Waals surface area contributed by atoms with Crippen LogP contribution in [0.4, 0.5) is 0 Å². The first-order valence-electron chi connectivity index (χ1n) is 7.06. The molecule has 1 amide bonds. The largest absolute Gasteiger partial charge is 0.507 e. The van der Waals surface area contributed by atoms with Gasteiger partial charge in [-0.2, -0.15) is 0 Å². The Labute approximate surface area is 128 Å². The molecule has 0 aliphatic carbocycles. The van der Waals surface area contributed by atoms with Crippen LogP contribution < -0.4 is 5.73 Å². The SMILES string of the molecule is CCC1CCN(C(=O)c2cc(Br)ccc2O)C(CN)C1. The third-order valence-electron chi connectivity index (χ3n) is 4.12. The number of rotatable bonds is 3. The molecule has 1 aliphatic heterocycles. The number of carbonyl (C=O) groups excluding carboxylic acids is 1. The second-order valence-electron chi connectivity index (χ2n) is 5.35. The predicted molar refractivity (Wildman–Crippen MR) is 82.7 cm³/mol. The summed E-state index contributed by atoms with van der Waals surface area (Å²) in [5.74, 6) is 0.532. The molecule has 2 rings (SSSR count). The number of likely N-dealkylation sites (tertiary alicyclic amines) is 1. The van der Waals surface area contributed by atoms with E-state index in [1.807, 2.05) is 4.90 Å². The van der Waals surface area contributed by atoms with Gasteiger partial charge in [0.05, 0.1) is 5.56 Å². The Morgan fingerprint density at radius 3 is 2.95 bits per heavy atom. The third-order valence-corrected chi connectivity index (χ3v) is 4.62. The van der Waals surface area contributed by atoms with E-state index in [1.165, 1.54) is 6.07 Å². The third kappa shape index (κ3) is 3.15. The van der Waals surface area contributed by atoms with Gasteiger partial charge in [-0.3, -0.25) is 4.79 Å². The molecule has 0 aromatic heterocycles. The maximum Gasteiger partial charge on any atom is 0.257 e. The highest BCUT2D eigenvalue weighted by atomic mass is 79.9. The fourth-order valence-electron chi connectivity index (χ4n) is 2.83. The highest BCUT2D eigenvalue weighted by molar-refractivity contribution is 9.10. The van der Waals surface area contributed by atoms with Gasteiger partial charge in [-0.05, 0) is 37.0 Å². The first-order chi connectivity index (χ1) is 9.56. The van der Waals surface area contributed by atoms with Crippen molar-refractivity contribution in [2.45, 2.75) is 32.2 Å². The first-order valence-corrected chi connectivity index (χ1v) is 7.85. The van der Waals surface area contributed by atoms with Crippen molar-refractivity contribution in [2.24, 2.45) is 11.7 Å². The Morgan fingerprint density at radius 2 is 2.30 bits per heavy atom. The highest BCUT2D eigenvalue weighted by Crippen LogP contribution is 2.29. The summed E-state index contributed by atoms with van der Waals surface area (Å²) in [6.07, 6.45) is 3.08. The van der Waals surface area contributed by atoms with Gasteiger partial charge in [0.1, 0.15) is 5.75 Å². The molecular formula is C15H21BrN2O2. The summed E-state index contributed by atoms with van der Waals surface area (Å²) in [6, 6.07) is 4.99. The molecule has 0 bridgehead atoms. The first kappa shape index (κ1) is 15.3. The number of piperidine rings is 1. The van der Waals surface area contributed by atoms with Crippen LogP contribution in [0.5, 0.6) is 5.75 Å². The van der Waals surface area contributed by atoms with Crippen LogP contribution in [0, 0.1) is 5.92 Å². The van der Waals surface area contributed by atoms with Crippen molar-refractivity contribution in [3.05, 3.63) is 28.2 Å². The van der Waals surface area contributed by atoms with E-state index in [4.69, 9.17) is 5.73 Å². The number of aromatic hydroxyl groups is 1. The molecule has 1 aromatic rings. The van der Waals surface area contributed by atoms with Crippen molar-refractivity contribution in [3.8, 4) is 5.75 Å². The number of amides is 1. The van der Waals surface area contributed by atoms with Crippen LogP contribution in [0.1, 0.15) is 36.5 Å². The van der Waals surface area contributed by atoms with Crippen molar-refractivity contribution in [1.82, 2.24) is 4.90 Å². The Balaban J connectivity index is 2.21. The molecule has 1 saturated heterocycles. The Morgan fingerprint density at radius 1 is 1.55 bits per heavy atom. The van der Waals surface area contributed by atoms with Gasteiger partial charge < -0.3 is 15.7 Å². The van der Waals surface area contributed by atoms with Crippen LogP contribution in [0.25, 0.3) is 0 Å². The number of phenols is 1. The van der Waals surface area contributed by atoms with E-state index in [2.05, 4.69) is 22.9 Å². The van der Waals surface area contributed by atoms with Crippen molar-refractivity contribution in [1.29, 1.82) is 0 Å². The molecule has 0 saturated carbocycles. The standard InChI is InChI=1S/C15H21BrN2O2/c1-2-10-5-6-18(12(7-10)9-17)15(20)13-8-11(16)3-4-14(13)19/h3-4,8,10,12,19H,2,5-7,9,17H2,1H3. The summed E-state index contributed by atoms with van der Waals surface area (Å²) in [6.45, 7) is 3.36. The van der Waals surface area contributed by atoms with E-state index in [0.717, 1.165) is 23.7 Å². The van der Waals surface area contributed by atoms with E-state index in [9.17, 15) is 9.90 Å². The van der Waals surface area contributed by atoms with Crippen LogP contribution in [0.15, 0.2) is 22.7 Å². The molecule has 1 aromatic carbocycles. The van der Waals surface area contributed by atoms with E-state index in [1.54, 1.807) is 12.1 Å². The average Bonchev–Trinajstić information content (AvgIpc) is 2.48. The monoisotopic (exact) mass is 340 g/mol. The number of halogens is 1. The van der Waals surface area contributed by atoms with Crippen LogP contribution in [0.2, 0.25) is 0 Å². The number of carbonyl (C=O) groups is 1. The van der Waals surface area contributed by atoms with E-state index in [0.29, 0.717) is 24.6 Å². The minimum Gasteiger partial charge on any atom is -0.507 e. The van der Waals surface area contributed by atoms with Gasteiger partial charge in [-0.1, -0.05) is 29.3 Å². The molecular weight excluding hydrogens is 320 g/mol. The van der Waals surface area contributed by atoms with Crippen LogP contribution in [0.3, 0.4) is 0 Å². The zero-order chi connectivity index (χ0) is 14.7. The zero-order valence-electron chi connectivity index (χ0n) is 11.7. The quantitative estimate of drug-likeness (QED) is 0.888. The van der Waals surface area contributed by atoms with Gasteiger partial charge in [-0.25, -0.2) is 0 Å². The fourth-order valence-corrected chi connectivity index (χ4v) is 3.19. The normalized spacial score (nSPS) is 22.9. The van der Waals surface area contributed by atoms with Crippen molar-refractivity contribution >= 4 is 21.8 Å². The minimum atomic E-state index is -0.131. The van der Waals surface area contributed by atoms with E-state index < -0.39 is 0 Å². The Hall–Kier alpha value is -1.07. The van der Waals surface area contributed by atoms with Crippen LogP contribution in [-0.2, 0) is 0 Å². The highest BCUT2D eigenvalue weighted by Gasteiger charge is 2.31. The smallest absolute Gasteiger partial charge is 0.257 e. The van der Waals surface area contributed by atoms with Crippen LogP contribution in [-0.4, -0.2) is 35.0 Å². The molecule has 0 spiro atoms. The predicted octanol–water partition coefficient (Wildman–Crippen LogP) is 2.74. The summed E-state index contributed by atoms with van der Waals surface area (Å²) in [5.41, 5.74) is 6.17. The molecule has 2 unspecified atom stereocenters. The second kappa shape index (κ2) is 6.59. The maximum atomic E-state index is 12.6. The lowest BCUT2D eigenvalue weighted by molar-refractivity contribution is 0.0555. The van der Waals surface area contributed by atoms with Gasteiger partial charge in [0.25, 0.3) is 5.91 Å². The van der Waals surface area contributed by atoms with Gasteiger partial charge in [0.2, 0.25) is 0 Å². The molecule has 20 heavy (non-hydrogen) atoms. The summed E-state index contributed by atoms with van der Waals surface area (Å²) in [7, 11) is 0. The maximum absolute atomic E-state index is 12.6. The molecule has 1 fully saturated rings. The molecule has 0 radical (unpaired) electrons. The summed E-state index contributed by atoms with van der Waals surface area (Å²) in [5, 5.41) is 9.89. The van der Waals surface area contributed by atoms with Crippen molar-refractivity contribution in [2.75, 3.05) is 13.1 Å². The molecule has 110 valence electrons. The number of nitrogens with two attached hydrogens (primary N) is 1. The van der Waals surface area contributed by atoms with Gasteiger partial charge >= 0.3 is 0 Å². The molecule has 1 heterocycles. The lowest BCUT2D eigenvalue weighted by Gasteiger charge is -2.39. The van der Waals surface area contributed by atoms with Gasteiger partial charge in [0, 0.05) is 23.6 Å². The lowest BCUT2D eigenvalue weighted by atomic mass is 9.88. The number of hydrogen-bond acceptors (Lipinski definition) is 3. The number of benzene rings is 1. The minimum absolute atomic E-state index is 0.0200. The summed E-state index contributed by atoms with van der Waals surface area (Å²) in [4.78, 5) is 14.4. The van der Waals surface area contributed by atoms with Gasteiger partial charge in [0.15, 0.2) is 0 Å². The fraction of sp³-hybridized carbons (Fsp3) is 0.533. The molecule has 4 nitrogen and oxygen atoms in total. The molecule has 2 atom stereocenters. The van der Waals surface area contributed by atoms with E-state index >= 15 is 0 Å². The molecule has 5 heteroatoms. The second-order valence-corrected chi connectivity index (χ2v) is 6.26. The molecule has 1 aliphatic rings. The number of nitrogens with zero attached hydrogens (tertiary/aromatic N) is 1. The lowest BCUT2D eigenvalue weighted by Crippen LogP contribution is -2.49. The van der Waals surface area contributed by atoms with Crippen molar-refractivity contribution in [3.63, 3.8) is 0 Å².